The molecule has 1 N–H and O–H groups in total. The highest BCUT2D eigenvalue weighted by Gasteiger charge is 2.29. The maximum Gasteiger partial charge on any atom is 0.416 e. The van der Waals surface area contributed by atoms with Gasteiger partial charge in [-0.05, 0) is 30.2 Å². The average Bonchev–Trinajstić information content (AvgIpc) is 2.25. The minimum atomic E-state index is -4.37. The van der Waals surface area contributed by atoms with Gasteiger partial charge in [0.1, 0.15) is 0 Å². The van der Waals surface area contributed by atoms with Crippen molar-refractivity contribution in [1.82, 2.24) is 0 Å². The average molecular weight is 244 g/mol. The third kappa shape index (κ3) is 3.62. The van der Waals surface area contributed by atoms with Gasteiger partial charge in [-0.1, -0.05) is 19.1 Å². The number of carbonyl (C=O) groups is 1. The molecule has 0 radical (unpaired) electrons. The van der Waals surface area contributed by atoms with Gasteiger partial charge in [0.15, 0.2) is 0 Å². The molecule has 0 spiro atoms. The predicted molar refractivity (Wildman–Crippen MR) is 57.3 cm³/mol. The van der Waals surface area contributed by atoms with E-state index in [1.165, 1.54) is 18.2 Å². The molecule has 0 aliphatic heterocycles. The van der Waals surface area contributed by atoms with Crippen LogP contribution in [0.15, 0.2) is 29.8 Å². The van der Waals surface area contributed by atoms with Crippen LogP contribution in [-0.2, 0) is 11.0 Å². The maximum atomic E-state index is 12.3. The summed E-state index contributed by atoms with van der Waals surface area (Å²) in [6.07, 6.45) is -2.69. The van der Waals surface area contributed by atoms with Crippen LogP contribution in [-0.4, -0.2) is 11.1 Å². The molecule has 0 aliphatic carbocycles. The Labute approximate surface area is 96.4 Å². The molecule has 17 heavy (non-hydrogen) atoms. The van der Waals surface area contributed by atoms with E-state index in [-0.39, 0.29) is 5.57 Å². The molecule has 0 saturated carbocycles. The second kappa shape index (κ2) is 5.03. The highest BCUT2D eigenvalue weighted by Crippen LogP contribution is 2.29. The van der Waals surface area contributed by atoms with Gasteiger partial charge in [0.25, 0.3) is 0 Å². The molecule has 0 saturated heterocycles. The van der Waals surface area contributed by atoms with Crippen molar-refractivity contribution in [3.63, 3.8) is 0 Å². The van der Waals surface area contributed by atoms with Crippen LogP contribution in [0, 0.1) is 0 Å². The van der Waals surface area contributed by atoms with Gasteiger partial charge in [0.2, 0.25) is 0 Å². The van der Waals surface area contributed by atoms with E-state index >= 15 is 0 Å². The smallest absolute Gasteiger partial charge is 0.416 e. The molecular weight excluding hydrogens is 233 g/mol. The van der Waals surface area contributed by atoms with Crippen LogP contribution in [0.3, 0.4) is 0 Å². The summed E-state index contributed by atoms with van der Waals surface area (Å²) < 4.78 is 36.8. The lowest BCUT2D eigenvalue weighted by molar-refractivity contribution is -0.137. The molecule has 0 unspecified atom stereocenters. The summed E-state index contributed by atoms with van der Waals surface area (Å²) >= 11 is 0. The Morgan fingerprint density at radius 2 is 1.82 bits per heavy atom. The zero-order valence-electron chi connectivity index (χ0n) is 9.08. The summed E-state index contributed by atoms with van der Waals surface area (Å²) in [7, 11) is 0. The van der Waals surface area contributed by atoms with Gasteiger partial charge >= 0.3 is 12.1 Å². The Balaban J connectivity index is 3.00. The molecule has 0 aliphatic rings. The first-order valence-electron chi connectivity index (χ1n) is 4.95. The lowest BCUT2D eigenvalue weighted by Crippen LogP contribution is -2.04. The van der Waals surface area contributed by atoms with Crippen LogP contribution in [0.25, 0.3) is 6.08 Å². The predicted octanol–water partition coefficient (Wildman–Crippen LogP) is 3.58. The lowest BCUT2D eigenvalue weighted by atomic mass is 10.1. The van der Waals surface area contributed by atoms with Gasteiger partial charge in [-0.15, -0.1) is 0 Å². The first-order chi connectivity index (χ1) is 7.84. The van der Waals surface area contributed by atoms with E-state index < -0.39 is 17.7 Å². The zero-order valence-corrected chi connectivity index (χ0v) is 9.08. The number of carboxylic acid groups (broad SMARTS) is 1. The van der Waals surface area contributed by atoms with Crippen molar-refractivity contribution in [2.75, 3.05) is 0 Å². The van der Waals surface area contributed by atoms with Gasteiger partial charge in [0.05, 0.1) is 5.56 Å². The Morgan fingerprint density at radius 3 is 2.18 bits per heavy atom. The van der Waals surface area contributed by atoms with E-state index in [0.717, 1.165) is 12.1 Å². The first-order valence-corrected chi connectivity index (χ1v) is 4.95. The topological polar surface area (TPSA) is 37.3 Å². The SMILES string of the molecule is CC/C(=C\c1ccc(C(F)(F)F)cc1)C(=O)O. The number of carboxylic acids is 1. The Bertz CT molecular complexity index is 430. The zero-order chi connectivity index (χ0) is 13.1. The van der Waals surface area contributed by atoms with Crippen LogP contribution in [0.5, 0.6) is 0 Å². The van der Waals surface area contributed by atoms with Crippen molar-refractivity contribution in [1.29, 1.82) is 0 Å². The molecule has 0 bridgehead atoms. The van der Waals surface area contributed by atoms with E-state index in [4.69, 9.17) is 5.11 Å². The highest BCUT2D eigenvalue weighted by atomic mass is 19.4. The van der Waals surface area contributed by atoms with Crippen LogP contribution in [0.1, 0.15) is 24.5 Å². The number of rotatable bonds is 3. The summed E-state index contributed by atoms with van der Waals surface area (Å²) in [5.74, 6) is -1.06. The van der Waals surface area contributed by atoms with E-state index in [1.807, 2.05) is 0 Å². The molecule has 5 heteroatoms. The van der Waals surface area contributed by atoms with Gasteiger partial charge in [-0.25, -0.2) is 4.79 Å². The summed E-state index contributed by atoms with van der Waals surface area (Å²) in [6, 6.07) is 4.37. The van der Waals surface area contributed by atoms with Crippen molar-refractivity contribution >= 4 is 12.0 Å². The van der Waals surface area contributed by atoms with Crippen LogP contribution >= 0.6 is 0 Å². The van der Waals surface area contributed by atoms with Crippen LogP contribution in [0.2, 0.25) is 0 Å². The normalized spacial score (nSPS) is 12.6. The minimum Gasteiger partial charge on any atom is -0.478 e. The molecule has 1 aromatic rings. The summed E-state index contributed by atoms with van der Waals surface area (Å²) in [6.45, 7) is 1.67. The Kier molecular flexibility index (Phi) is 3.93. The van der Waals surface area contributed by atoms with E-state index in [1.54, 1.807) is 6.92 Å². The van der Waals surface area contributed by atoms with E-state index in [0.29, 0.717) is 12.0 Å². The van der Waals surface area contributed by atoms with Crippen molar-refractivity contribution < 1.29 is 23.1 Å². The molecule has 1 aromatic carbocycles. The minimum absolute atomic E-state index is 0.157. The lowest BCUT2D eigenvalue weighted by Gasteiger charge is -2.06. The Hall–Kier alpha value is -1.78. The fraction of sp³-hybridized carbons (Fsp3) is 0.250. The van der Waals surface area contributed by atoms with Gasteiger partial charge < -0.3 is 5.11 Å². The summed E-state index contributed by atoms with van der Waals surface area (Å²) in [5.41, 5.74) is -0.148. The molecular formula is C12H11F3O2. The van der Waals surface area contributed by atoms with Gasteiger partial charge in [0, 0.05) is 5.57 Å². The largest absolute Gasteiger partial charge is 0.478 e. The molecule has 0 atom stereocenters. The van der Waals surface area contributed by atoms with Gasteiger partial charge in [-0.2, -0.15) is 13.2 Å². The standard InChI is InChI=1S/C12H11F3O2/c1-2-9(11(16)17)7-8-3-5-10(6-4-8)12(13,14)15/h3-7H,2H2,1H3,(H,16,17)/b9-7+. The van der Waals surface area contributed by atoms with Crippen molar-refractivity contribution in [3.8, 4) is 0 Å². The van der Waals surface area contributed by atoms with E-state index in [2.05, 4.69) is 0 Å². The monoisotopic (exact) mass is 244 g/mol. The second-order valence-corrected chi connectivity index (χ2v) is 3.45. The number of hydrogen-bond donors (Lipinski definition) is 1. The number of aliphatic carboxylic acids is 1. The number of hydrogen-bond acceptors (Lipinski definition) is 1. The fourth-order valence-corrected chi connectivity index (χ4v) is 1.28. The second-order valence-electron chi connectivity index (χ2n) is 3.45. The van der Waals surface area contributed by atoms with Crippen LogP contribution < -0.4 is 0 Å². The molecule has 0 aromatic heterocycles. The number of alkyl halides is 3. The molecule has 0 heterocycles. The molecule has 1 rings (SSSR count). The molecule has 0 amide bonds. The summed E-state index contributed by atoms with van der Waals surface area (Å²) in [4.78, 5) is 10.7. The van der Waals surface area contributed by atoms with Crippen molar-refractivity contribution in [2.45, 2.75) is 19.5 Å². The van der Waals surface area contributed by atoms with Crippen molar-refractivity contribution in [3.05, 3.63) is 41.0 Å². The summed E-state index contributed by atoms with van der Waals surface area (Å²) in [5, 5.41) is 8.77. The third-order valence-corrected chi connectivity index (χ3v) is 2.23. The first kappa shape index (κ1) is 13.3. The third-order valence-electron chi connectivity index (χ3n) is 2.23. The molecule has 0 fully saturated rings. The molecule has 2 nitrogen and oxygen atoms in total. The van der Waals surface area contributed by atoms with Crippen molar-refractivity contribution in [2.24, 2.45) is 0 Å². The number of halogens is 3. The highest BCUT2D eigenvalue weighted by molar-refractivity contribution is 5.92. The maximum absolute atomic E-state index is 12.3. The van der Waals surface area contributed by atoms with E-state index in [9.17, 15) is 18.0 Å². The fourth-order valence-electron chi connectivity index (χ4n) is 1.28. The molecule has 92 valence electrons. The van der Waals surface area contributed by atoms with Crippen LogP contribution in [0.4, 0.5) is 13.2 Å². The Morgan fingerprint density at radius 1 is 1.29 bits per heavy atom. The quantitative estimate of drug-likeness (QED) is 0.825. The number of benzene rings is 1. The van der Waals surface area contributed by atoms with Gasteiger partial charge in [-0.3, -0.25) is 0 Å².